The molecule has 10 nitrogen and oxygen atoms in total. The molecular formula is C29H23N3O7S. The Morgan fingerprint density at radius 1 is 1.15 bits per heavy atom. The number of phenols is 1. The zero-order chi connectivity index (χ0) is 28.4. The van der Waals surface area contributed by atoms with Gasteiger partial charge in [-0.05, 0) is 36.8 Å². The minimum absolute atomic E-state index is 0.102. The molecular weight excluding hydrogens is 534 g/mol. The number of rotatable bonds is 7. The number of nitrogens with zero attached hydrogens (tertiary/aromatic N) is 3. The fourth-order valence-electron chi connectivity index (χ4n) is 4.48. The van der Waals surface area contributed by atoms with Crippen LogP contribution in [0.3, 0.4) is 0 Å². The molecule has 0 radical (unpaired) electrons. The Morgan fingerprint density at radius 2 is 1.93 bits per heavy atom. The van der Waals surface area contributed by atoms with Gasteiger partial charge in [0.05, 0.1) is 40.5 Å². The molecule has 4 aromatic rings. The number of fused-ring (bicyclic) bond motifs is 1. The first-order valence-electron chi connectivity index (χ1n) is 12.2. The van der Waals surface area contributed by atoms with E-state index in [2.05, 4.69) is 0 Å². The van der Waals surface area contributed by atoms with Crippen molar-refractivity contribution in [3.05, 3.63) is 125 Å². The number of benzene rings is 3. The normalized spacial score (nSPS) is 14.8. The Labute approximate surface area is 231 Å². The fourth-order valence-corrected chi connectivity index (χ4v) is 5.47. The van der Waals surface area contributed by atoms with Crippen LogP contribution in [0.25, 0.3) is 11.8 Å². The largest absolute Gasteiger partial charge is 0.507 e. The van der Waals surface area contributed by atoms with Crippen molar-refractivity contribution >= 4 is 34.8 Å². The van der Waals surface area contributed by atoms with E-state index in [-0.39, 0.29) is 33.7 Å². The van der Waals surface area contributed by atoms with Crippen molar-refractivity contribution in [2.24, 2.45) is 4.99 Å². The van der Waals surface area contributed by atoms with Crippen LogP contribution in [-0.4, -0.2) is 34.3 Å². The predicted molar refractivity (Wildman–Crippen MR) is 149 cm³/mol. The minimum atomic E-state index is -0.915. The van der Waals surface area contributed by atoms with Crippen molar-refractivity contribution in [3.63, 3.8) is 0 Å². The maximum Gasteiger partial charge on any atom is 0.338 e. The number of non-ortho nitro benzene ring substituents is 1. The molecule has 0 bridgehead atoms. The van der Waals surface area contributed by atoms with Crippen LogP contribution in [-0.2, 0) is 9.53 Å². The maximum atomic E-state index is 13.9. The van der Waals surface area contributed by atoms with Crippen LogP contribution in [0.1, 0.15) is 29.7 Å². The van der Waals surface area contributed by atoms with Crippen LogP contribution in [0.2, 0.25) is 0 Å². The van der Waals surface area contributed by atoms with E-state index in [4.69, 9.17) is 14.5 Å². The van der Waals surface area contributed by atoms with Gasteiger partial charge in [0.1, 0.15) is 11.5 Å². The van der Waals surface area contributed by atoms with Crippen LogP contribution in [0.4, 0.5) is 5.69 Å². The average molecular weight is 558 g/mol. The first-order valence-corrected chi connectivity index (χ1v) is 13.0. The van der Waals surface area contributed by atoms with Gasteiger partial charge in [-0.3, -0.25) is 19.5 Å². The summed E-state index contributed by atoms with van der Waals surface area (Å²) in [5.74, 6) is -0.316. The molecule has 0 spiro atoms. The third-order valence-corrected chi connectivity index (χ3v) is 7.27. The van der Waals surface area contributed by atoms with Gasteiger partial charge in [0, 0.05) is 23.3 Å². The maximum absolute atomic E-state index is 13.9. The number of carbonyl (C=O) groups excluding carboxylic acids is 1. The second-order valence-corrected chi connectivity index (χ2v) is 9.72. The highest BCUT2D eigenvalue weighted by molar-refractivity contribution is 7.07. The van der Waals surface area contributed by atoms with Gasteiger partial charge < -0.3 is 14.6 Å². The van der Waals surface area contributed by atoms with E-state index in [1.165, 1.54) is 36.0 Å². The summed E-state index contributed by atoms with van der Waals surface area (Å²) in [7, 11) is 1.52. The number of phenolic OH excluding ortho intramolecular Hbond substituents is 1. The zero-order valence-electron chi connectivity index (χ0n) is 21.4. The van der Waals surface area contributed by atoms with Crippen LogP contribution in [0.5, 0.6) is 11.5 Å². The number of hydrogen-bond donors (Lipinski definition) is 1. The molecule has 0 fully saturated rings. The molecule has 0 amide bonds. The molecule has 1 aromatic heterocycles. The van der Waals surface area contributed by atoms with Gasteiger partial charge in [0.15, 0.2) is 4.80 Å². The van der Waals surface area contributed by atoms with E-state index in [1.54, 1.807) is 31.2 Å². The molecule has 11 heteroatoms. The SMILES string of the molecule is CCOC(=O)C1=C(c2ccccc2)N=c2s/c(=C\c3cc([N+](=O)[O-])ccc3O)c(=O)n2[C@H]1c1cccc(OC)c1. The second-order valence-electron chi connectivity index (χ2n) is 8.71. The Kier molecular flexibility index (Phi) is 7.30. The molecule has 1 atom stereocenters. The third kappa shape index (κ3) is 4.90. The van der Waals surface area contributed by atoms with Gasteiger partial charge in [-0.15, -0.1) is 0 Å². The topological polar surface area (TPSA) is 133 Å². The van der Waals surface area contributed by atoms with E-state index in [9.17, 15) is 24.8 Å². The molecule has 0 aliphatic carbocycles. The lowest BCUT2D eigenvalue weighted by Gasteiger charge is -2.26. The summed E-state index contributed by atoms with van der Waals surface area (Å²) in [5, 5.41) is 21.7. The lowest BCUT2D eigenvalue weighted by atomic mass is 9.93. The van der Waals surface area contributed by atoms with E-state index in [0.29, 0.717) is 27.4 Å². The summed E-state index contributed by atoms with van der Waals surface area (Å²) in [4.78, 5) is 43.2. The molecule has 1 N–H and O–H groups in total. The standard InChI is InChI=1S/C29H23N3O7S/c1-3-39-28(35)24-25(17-8-5-4-6-9-17)30-29-31(26(24)18-10-7-11-21(15-18)38-2)27(34)23(40-29)16-19-14-20(32(36)37)12-13-22(19)33/h4-16,26,33H,3H2,1-2H3/b23-16-/t26-/m0/s1. The number of thiazole rings is 1. The molecule has 3 aromatic carbocycles. The van der Waals surface area contributed by atoms with Crippen LogP contribution < -0.4 is 19.6 Å². The molecule has 0 saturated carbocycles. The average Bonchev–Trinajstić information content (AvgIpc) is 3.28. The second kappa shape index (κ2) is 11.0. The molecule has 5 rings (SSSR count). The van der Waals surface area contributed by atoms with E-state index < -0.39 is 22.5 Å². The highest BCUT2D eigenvalue weighted by Crippen LogP contribution is 2.36. The van der Waals surface area contributed by atoms with Gasteiger partial charge >= 0.3 is 5.97 Å². The number of nitro benzene ring substituents is 1. The lowest BCUT2D eigenvalue weighted by molar-refractivity contribution is -0.384. The summed E-state index contributed by atoms with van der Waals surface area (Å²) >= 11 is 1.04. The Balaban J connectivity index is 1.84. The molecule has 0 saturated heterocycles. The summed E-state index contributed by atoms with van der Waals surface area (Å²) in [6, 6.07) is 18.8. The summed E-state index contributed by atoms with van der Waals surface area (Å²) in [6.45, 7) is 1.81. The molecule has 1 aliphatic rings. The number of carbonyl (C=O) groups is 1. The van der Waals surface area contributed by atoms with Gasteiger partial charge in [0.25, 0.3) is 11.2 Å². The van der Waals surface area contributed by atoms with E-state index in [0.717, 1.165) is 11.3 Å². The highest BCUT2D eigenvalue weighted by atomic mass is 32.1. The predicted octanol–water partition coefficient (Wildman–Crippen LogP) is 3.56. The third-order valence-electron chi connectivity index (χ3n) is 6.29. The van der Waals surface area contributed by atoms with Gasteiger partial charge in [-0.1, -0.05) is 53.8 Å². The molecule has 1 aliphatic heterocycles. The highest BCUT2D eigenvalue weighted by Gasteiger charge is 2.35. The smallest absolute Gasteiger partial charge is 0.338 e. The number of methoxy groups -OCH3 is 1. The summed E-state index contributed by atoms with van der Waals surface area (Å²) in [6.07, 6.45) is 1.38. The number of nitro groups is 1. The quantitative estimate of drug-likeness (QED) is 0.209. The molecule has 2 heterocycles. The lowest BCUT2D eigenvalue weighted by Crippen LogP contribution is -2.40. The van der Waals surface area contributed by atoms with Gasteiger partial charge in [-0.2, -0.15) is 0 Å². The van der Waals surface area contributed by atoms with E-state index >= 15 is 0 Å². The van der Waals surface area contributed by atoms with E-state index in [1.807, 2.05) is 30.3 Å². The van der Waals surface area contributed by atoms with Crippen LogP contribution in [0, 0.1) is 10.1 Å². The number of hydrogen-bond acceptors (Lipinski definition) is 9. The number of esters is 1. The van der Waals surface area contributed by atoms with Gasteiger partial charge in [-0.25, -0.2) is 9.79 Å². The fraction of sp³-hybridized carbons (Fsp3) is 0.138. The van der Waals surface area contributed by atoms with Crippen LogP contribution >= 0.6 is 11.3 Å². The molecule has 40 heavy (non-hydrogen) atoms. The number of aromatic nitrogens is 1. The van der Waals surface area contributed by atoms with Crippen molar-refractivity contribution in [3.8, 4) is 11.5 Å². The first-order chi connectivity index (χ1) is 19.3. The monoisotopic (exact) mass is 557 g/mol. The Hall–Kier alpha value is -5.03. The summed E-state index contributed by atoms with van der Waals surface area (Å²) < 4.78 is 12.4. The van der Waals surface area contributed by atoms with Crippen molar-refractivity contribution in [2.45, 2.75) is 13.0 Å². The van der Waals surface area contributed by atoms with Crippen molar-refractivity contribution in [2.75, 3.05) is 13.7 Å². The van der Waals surface area contributed by atoms with Crippen molar-refractivity contribution in [1.82, 2.24) is 4.57 Å². The zero-order valence-corrected chi connectivity index (χ0v) is 22.3. The number of aromatic hydroxyl groups is 1. The molecule has 0 unspecified atom stereocenters. The number of ether oxygens (including phenoxy) is 2. The van der Waals surface area contributed by atoms with Crippen molar-refractivity contribution < 1.29 is 24.3 Å². The Morgan fingerprint density at radius 3 is 2.62 bits per heavy atom. The molecule has 202 valence electrons. The first kappa shape index (κ1) is 26.6. The summed E-state index contributed by atoms with van der Waals surface area (Å²) in [5.41, 5.74) is 1.17. The van der Waals surface area contributed by atoms with Gasteiger partial charge in [0.2, 0.25) is 0 Å². The Bertz CT molecular complexity index is 1840. The van der Waals surface area contributed by atoms with Crippen LogP contribution in [0.15, 0.2) is 88.2 Å². The minimum Gasteiger partial charge on any atom is -0.507 e. The van der Waals surface area contributed by atoms with Crippen molar-refractivity contribution in [1.29, 1.82) is 0 Å².